The molecule has 0 atom stereocenters. The van der Waals surface area contributed by atoms with E-state index in [9.17, 15) is 15.0 Å². The number of benzene rings is 1. The van der Waals surface area contributed by atoms with E-state index in [2.05, 4.69) is 33.0 Å². The lowest BCUT2D eigenvalue weighted by molar-refractivity contribution is 0.0941. The maximum atomic E-state index is 12.1. The lowest BCUT2D eigenvalue weighted by atomic mass is 10.0. The monoisotopic (exact) mass is 249 g/mol. The molecule has 1 aromatic rings. The van der Waals surface area contributed by atoms with Crippen molar-refractivity contribution in [3.8, 4) is 11.5 Å². The fourth-order valence-electron chi connectivity index (χ4n) is 2.48. The number of phenols is 2. The normalized spacial score (nSPS) is 20.4. The van der Waals surface area contributed by atoms with Crippen LogP contribution in [0.15, 0.2) is 18.2 Å². The topological polar surface area (TPSA) is 69.6 Å². The zero-order valence-corrected chi connectivity index (χ0v) is 11.1. The van der Waals surface area contributed by atoms with Crippen molar-refractivity contribution in [1.82, 2.24) is 5.32 Å². The van der Waals surface area contributed by atoms with Crippen molar-refractivity contribution < 1.29 is 15.0 Å². The van der Waals surface area contributed by atoms with Gasteiger partial charge in [-0.3, -0.25) is 4.79 Å². The van der Waals surface area contributed by atoms with Gasteiger partial charge in [-0.1, -0.05) is 27.7 Å². The predicted octanol–water partition coefficient (Wildman–Crippen LogP) is 2.26. The van der Waals surface area contributed by atoms with Gasteiger partial charge in [-0.15, -0.1) is 0 Å². The summed E-state index contributed by atoms with van der Waals surface area (Å²) >= 11 is 0. The third kappa shape index (κ3) is 1.72. The maximum Gasteiger partial charge on any atom is 0.255 e. The molecule has 1 aliphatic rings. The zero-order chi connectivity index (χ0) is 13.7. The Labute approximate surface area is 107 Å². The summed E-state index contributed by atoms with van der Waals surface area (Å²) in [6, 6.07) is 4.06. The Balaban J connectivity index is 2.15. The van der Waals surface area contributed by atoms with Crippen LogP contribution in [0, 0.1) is 10.8 Å². The van der Waals surface area contributed by atoms with Crippen molar-refractivity contribution >= 4 is 5.91 Å². The molecule has 1 saturated carbocycles. The number of rotatable bonds is 2. The van der Waals surface area contributed by atoms with Gasteiger partial charge in [0, 0.05) is 12.1 Å². The molecule has 0 saturated heterocycles. The molecule has 0 spiro atoms. The number of carbonyl (C=O) groups is 1. The van der Waals surface area contributed by atoms with E-state index < -0.39 is 0 Å². The van der Waals surface area contributed by atoms with Gasteiger partial charge in [0.25, 0.3) is 5.91 Å². The minimum atomic E-state index is -0.309. The van der Waals surface area contributed by atoms with Crippen LogP contribution in [0.5, 0.6) is 11.5 Å². The lowest BCUT2D eigenvalue weighted by Crippen LogP contribution is -2.29. The van der Waals surface area contributed by atoms with E-state index in [4.69, 9.17) is 0 Å². The first-order chi connectivity index (χ1) is 8.18. The molecular formula is C14H19NO3. The first kappa shape index (κ1) is 12.7. The van der Waals surface area contributed by atoms with Crippen molar-refractivity contribution in [3.05, 3.63) is 23.8 Å². The summed E-state index contributed by atoms with van der Waals surface area (Å²) in [5.74, 6) is -0.573. The van der Waals surface area contributed by atoms with Gasteiger partial charge in [0.1, 0.15) is 11.5 Å². The molecule has 0 radical (unpaired) electrons. The van der Waals surface area contributed by atoms with Gasteiger partial charge in [0.2, 0.25) is 0 Å². The zero-order valence-electron chi connectivity index (χ0n) is 11.1. The van der Waals surface area contributed by atoms with Crippen LogP contribution in [-0.2, 0) is 0 Å². The van der Waals surface area contributed by atoms with Gasteiger partial charge in [-0.25, -0.2) is 0 Å². The van der Waals surface area contributed by atoms with Gasteiger partial charge in [-0.05, 0) is 23.0 Å². The number of hydrogen-bond donors (Lipinski definition) is 3. The maximum absolute atomic E-state index is 12.1. The molecule has 3 N–H and O–H groups in total. The van der Waals surface area contributed by atoms with E-state index in [0.29, 0.717) is 0 Å². The molecule has 4 nitrogen and oxygen atoms in total. The second kappa shape index (κ2) is 3.64. The summed E-state index contributed by atoms with van der Waals surface area (Å²) in [5.41, 5.74) is 0.288. The molecule has 18 heavy (non-hydrogen) atoms. The van der Waals surface area contributed by atoms with Crippen LogP contribution >= 0.6 is 0 Å². The fourth-order valence-corrected chi connectivity index (χ4v) is 2.48. The summed E-state index contributed by atoms with van der Waals surface area (Å²) < 4.78 is 0. The lowest BCUT2D eigenvalue weighted by Gasteiger charge is -2.08. The molecule has 98 valence electrons. The summed E-state index contributed by atoms with van der Waals surface area (Å²) in [5, 5.41) is 21.8. The number of amides is 1. The van der Waals surface area contributed by atoms with E-state index in [-0.39, 0.29) is 39.8 Å². The average Bonchev–Trinajstić information content (AvgIpc) is 2.60. The highest BCUT2D eigenvalue weighted by Crippen LogP contribution is 2.62. The second-order valence-corrected chi connectivity index (χ2v) is 6.05. The van der Waals surface area contributed by atoms with Crippen LogP contribution < -0.4 is 5.32 Å². The van der Waals surface area contributed by atoms with Crippen LogP contribution in [0.3, 0.4) is 0 Å². The quantitative estimate of drug-likeness (QED) is 0.753. The third-order valence-electron chi connectivity index (χ3n) is 4.52. The summed E-state index contributed by atoms with van der Waals surface area (Å²) in [6.07, 6.45) is 0. The van der Waals surface area contributed by atoms with Gasteiger partial charge < -0.3 is 15.5 Å². The molecule has 1 amide bonds. The van der Waals surface area contributed by atoms with Gasteiger partial charge in [0.05, 0.1) is 5.56 Å². The van der Waals surface area contributed by atoms with E-state index in [0.717, 1.165) is 6.07 Å². The summed E-state index contributed by atoms with van der Waals surface area (Å²) in [6.45, 7) is 8.42. The molecule has 0 bridgehead atoms. The number of hydrogen-bond acceptors (Lipinski definition) is 3. The Morgan fingerprint density at radius 2 is 1.72 bits per heavy atom. The molecule has 1 aliphatic carbocycles. The number of nitrogens with one attached hydrogen (secondary N) is 1. The smallest absolute Gasteiger partial charge is 0.255 e. The van der Waals surface area contributed by atoms with Crippen LogP contribution in [0.25, 0.3) is 0 Å². The first-order valence-corrected chi connectivity index (χ1v) is 6.01. The van der Waals surface area contributed by atoms with Crippen molar-refractivity contribution in [2.24, 2.45) is 10.8 Å². The van der Waals surface area contributed by atoms with E-state index in [1.54, 1.807) is 0 Å². The highest BCUT2D eigenvalue weighted by Gasteiger charge is 2.65. The Morgan fingerprint density at radius 3 is 2.17 bits per heavy atom. The third-order valence-corrected chi connectivity index (χ3v) is 4.52. The summed E-state index contributed by atoms with van der Waals surface area (Å²) in [4.78, 5) is 12.1. The Bertz CT molecular complexity index is 492. The molecule has 1 aromatic carbocycles. The number of phenolic OH excluding ortho intramolecular Hbond substituents is 2. The van der Waals surface area contributed by atoms with Crippen molar-refractivity contribution in [2.45, 2.75) is 33.7 Å². The molecule has 4 heteroatoms. The minimum Gasteiger partial charge on any atom is -0.508 e. The molecular weight excluding hydrogens is 230 g/mol. The Kier molecular flexibility index (Phi) is 2.58. The number of aromatic hydroxyl groups is 2. The van der Waals surface area contributed by atoms with E-state index >= 15 is 0 Å². The fraction of sp³-hybridized carbons (Fsp3) is 0.500. The molecule has 1 fully saturated rings. The molecule has 0 heterocycles. The largest absolute Gasteiger partial charge is 0.508 e. The molecule has 2 rings (SSSR count). The van der Waals surface area contributed by atoms with E-state index in [1.165, 1.54) is 12.1 Å². The van der Waals surface area contributed by atoms with Crippen molar-refractivity contribution in [2.75, 3.05) is 0 Å². The summed E-state index contributed by atoms with van der Waals surface area (Å²) in [7, 11) is 0. The second-order valence-electron chi connectivity index (χ2n) is 6.05. The molecule has 0 aromatic heterocycles. The minimum absolute atomic E-state index is 0.0508. The van der Waals surface area contributed by atoms with Crippen LogP contribution in [0.2, 0.25) is 0 Å². The standard InChI is InChI=1S/C14H19NO3/c1-13(2)12(14(13,3)4)15-11(18)9-6-5-8(16)7-10(9)17/h5-7,12,16-17H,1-4H3,(H,15,18). The van der Waals surface area contributed by atoms with Gasteiger partial charge in [-0.2, -0.15) is 0 Å². The molecule has 0 aliphatic heterocycles. The van der Waals surface area contributed by atoms with Gasteiger partial charge in [0.15, 0.2) is 0 Å². The first-order valence-electron chi connectivity index (χ1n) is 6.01. The SMILES string of the molecule is CC1(C)C(NC(=O)c2ccc(O)cc2O)C1(C)C. The Morgan fingerprint density at radius 1 is 1.17 bits per heavy atom. The van der Waals surface area contributed by atoms with E-state index in [1.807, 2.05) is 0 Å². The highest BCUT2D eigenvalue weighted by molar-refractivity contribution is 5.97. The average molecular weight is 249 g/mol. The van der Waals surface area contributed by atoms with Crippen molar-refractivity contribution in [1.29, 1.82) is 0 Å². The molecule has 0 unspecified atom stereocenters. The Hall–Kier alpha value is -1.71. The van der Waals surface area contributed by atoms with Gasteiger partial charge >= 0.3 is 0 Å². The van der Waals surface area contributed by atoms with Crippen LogP contribution in [0.1, 0.15) is 38.1 Å². The number of carbonyl (C=O) groups excluding carboxylic acids is 1. The predicted molar refractivity (Wildman–Crippen MR) is 68.6 cm³/mol. The van der Waals surface area contributed by atoms with Crippen LogP contribution in [-0.4, -0.2) is 22.2 Å². The van der Waals surface area contributed by atoms with Crippen LogP contribution in [0.4, 0.5) is 0 Å². The highest BCUT2D eigenvalue weighted by atomic mass is 16.3. The van der Waals surface area contributed by atoms with Crippen molar-refractivity contribution in [3.63, 3.8) is 0 Å².